The normalized spacial score (nSPS) is 10.9. The second-order valence-corrected chi connectivity index (χ2v) is 4.08. The summed E-state index contributed by atoms with van der Waals surface area (Å²) >= 11 is 11.7. The molecule has 2 rings (SSSR count). The molecule has 1 heterocycles. The second-order valence-electron chi connectivity index (χ2n) is 3.26. The minimum absolute atomic E-state index is 0.560. The van der Waals surface area contributed by atoms with Crippen LogP contribution in [-0.4, -0.2) is 4.98 Å². The Hall–Kier alpha value is -1.31. The summed E-state index contributed by atoms with van der Waals surface area (Å²) in [6.07, 6.45) is 5.64. The predicted octanol–water partition coefficient (Wildman–Crippen LogP) is 4.56. The maximum Gasteiger partial charge on any atom is 0.0629 e. The van der Waals surface area contributed by atoms with Crippen LogP contribution in [0, 0.1) is 0 Å². The van der Waals surface area contributed by atoms with E-state index in [2.05, 4.69) is 4.98 Å². The highest BCUT2D eigenvalue weighted by atomic mass is 35.5. The molecule has 1 aromatic heterocycles. The Labute approximate surface area is 104 Å². The zero-order valence-electron chi connectivity index (χ0n) is 8.40. The summed E-state index contributed by atoms with van der Waals surface area (Å²) in [7, 11) is 0. The van der Waals surface area contributed by atoms with Gasteiger partial charge in [0.05, 0.1) is 15.7 Å². The van der Waals surface area contributed by atoms with Crippen molar-refractivity contribution >= 4 is 35.4 Å². The quantitative estimate of drug-likeness (QED) is 0.761. The van der Waals surface area contributed by atoms with Crippen molar-refractivity contribution in [2.45, 2.75) is 0 Å². The molecule has 1 aromatic carbocycles. The third-order valence-electron chi connectivity index (χ3n) is 2.08. The Morgan fingerprint density at radius 3 is 2.50 bits per heavy atom. The lowest BCUT2D eigenvalue weighted by Gasteiger charge is -1.97. The zero-order chi connectivity index (χ0) is 11.4. The van der Waals surface area contributed by atoms with Gasteiger partial charge in [0.15, 0.2) is 0 Å². The highest BCUT2D eigenvalue weighted by Crippen LogP contribution is 2.23. The minimum atomic E-state index is 0.560. The zero-order valence-corrected chi connectivity index (χ0v) is 9.91. The molecule has 0 bridgehead atoms. The van der Waals surface area contributed by atoms with Crippen molar-refractivity contribution in [1.82, 2.24) is 4.98 Å². The van der Waals surface area contributed by atoms with Crippen molar-refractivity contribution in [3.8, 4) is 0 Å². The first-order chi connectivity index (χ1) is 7.75. The monoisotopic (exact) mass is 249 g/mol. The Kier molecular flexibility index (Phi) is 3.60. The van der Waals surface area contributed by atoms with Gasteiger partial charge in [0.1, 0.15) is 0 Å². The van der Waals surface area contributed by atoms with E-state index in [9.17, 15) is 0 Å². The first-order valence-corrected chi connectivity index (χ1v) is 5.55. The summed E-state index contributed by atoms with van der Waals surface area (Å²) in [5.74, 6) is 0. The van der Waals surface area contributed by atoms with Gasteiger partial charge in [0.25, 0.3) is 0 Å². The van der Waals surface area contributed by atoms with Gasteiger partial charge in [0, 0.05) is 6.20 Å². The van der Waals surface area contributed by atoms with Gasteiger partial charge in [-0.05, 0) is 35.9 Å². The maximum atomic E-state index is 5.91. The number of rotatable bonds is 2. The molecule has 0 unspecified atom stereocenters. The molecule has 0 fully saturated rings. The Balaban J connectivity index is 2.21. The number of halogens is 2. The first-order valence-electron chi connectivity index (χ1n) is 4.80. The highest BCUT2D eigenvalue weighted by Gasteiger charge is 1.96. The molecular weight excluding hydrogens is 241 g/mol. The number of aromatic nitrogens is 1. The third-order valence-corrected chi connectivity index (χ3v) is 2.82. The van der Waals surface area contributed by atoms with E-state index in [1.807, 2.05) is 42.5 Å². The first kappa shape index (κ1) is 11.2. The van der Waals surface area contributed by atoms with E-state index in [1.165, 1.54) is 0 Å². The van der Waals surface area contributed by atoms with E-state index in [-0.39, 0.29) is 0 Å². The van der Waals surface area contributed by atoms with Gasteiger partial charge in [-0.15, -0.1) is 0 Å². The molecule has 16 heavy (non-hydrogen) atoms. The van der Waals surface area contributed by atoms with Crippen molar-refractivity contribution in [3.63, 3.8) is 0 Å². The summed E-state index contributed by atoms with van der Waals surface area (Å²) in [5, 5.41) is 1.13. The lowest BCUT2D eigenvalue weighted by Crippen LogP contribution is -1.77. The summed E-state index contributed by atoms with van der Waals surface area (Å²) in [6.45, 7) is 0. The molecule has 80 valence electrons. The van der Waals surface area contributed by atoms with Crippen LogP contribution < -0.4 is 0 Å². The van der Waals surface area contributed by atoms with E-state index >= 15 is 0 Å². The molecule has 0 aliphatic heterocycles. The van der Waals surface area contributed by atoms with Crippen LogP contribution in [0.2, 0.25) is 10.0 Å². The number of hydrogen-bond acceptors (Lipinski definition) is 1. The fourth-order valence-electron chi connectivity index (χ4n) is 1.27. The van der Waals surface area contributed by atoms with Gasteiger partial charge in [-0.2, -0.15) is 0 Å². The summed E-state index contributed by atoms with van der Waals surface area (Å²) in [4.78, 5) is 4.19. The Morgan fingerprint density at radius 1 is 0.938 bits per heavy atom. The van der Waals surface area contributed by atoms with Gasteiger partial charge in [0.2, 0.25) is 0 Å². The molecule has 3 heteroatoms. The number of nitrogens with zero attached hydrogens (tertiary/aromatic N) is 1. The maximum absolute atomic E-state index is 5.91. The van der Waals surface area contributed by atoms with Crippen LogP contribution in [0.3, 0.4) is 0 Å². The number of pyridine rings is 1. The molecule has 0 aliphatic rings. The van der Waals surface area contributed by atoms with Crippen molar-refractivity contribution in [2.24, 2.45) is 0 Å². The van der Waals surface area contributed by atoms with Crippen molar-refractivity contribution in [3.05, 3.63) is 63.9 Å². The van der Waals surface area contributed by atoms with Crippen molar-refractivity contribution in [1.29, 1.82) is 0 Å². The molecule has 0 spiro atoms. The van der Waals surface area contributed by atoms with Crippen LogP contribution in [-0.2, 0) is 0 Å². The Bertz CT molecular complexity index is 507. The standard InChI is InChI=1S/C13H9Cl2N/c14-12-7-5-10(9-13(12)15)4-6-11-3-1-2-8-16-11/h1-9H. The van der Waals surface area contributed by atoms with Gasteiger partial charge in [-0.1, -0.05) is 41.4 Å². The molecule has 0 aliphatic carbocycles. The van der Waals surface area contributed by atoms with Gasteiger partial charge >= 0.3 is 0 Å². The molecule has 0 saturated carbocycles. The van der Waals surface area contributed by atoms with Gasteiger partial charge in [-0.25, -0.2) is 0 Å². The fraction of sp³-hybridized carbons (Fsp3) is 0. The highest BCUT2D eigenvalue weighted by molar-refractivity contribution is 6.42. The van der Waals surface area contributed by atoms with Crippen molar-refractivity contribution < 1.29 is 0 Å². The number of hydrogen-bond donors (Lipinski definition) is 0. The number of benzene rings is 1. The molecule has 1 nitrogen and oxygen atoms in total. The Morgan fingerprint density at radius 2 is 1.81 bits per heavy atom. The fourth-order valence-corrected chi connectivity index (χ4v) is 1.58. The van der Waals surface area contributed by atoms with Crippen LogP contribution in [0.25, 0.3) is 12.2 Å². The van der Waals surface area contributed by atoms with E-state index in [0.29, 0.717) is 10.0 Å². The topological polar surface area (TPSA) is 12.9 Å². The average molecular weight is 250 g/mol. The van der Waals surface area contributed by atoms with Crippen LogP contribution >= 0.6 is 23.2 Å². The third kappa shape index (κ3) is 2.84. The van der Waals surface area contributed by atoms with Crippen LogP contribution in [0.5, 0.6) is 0 Å². The predicted molar refractivity (Wildman–Crippen MR) is 69.6 cm³/mol. The summed E-state index contributed by atoms with van der Waals surface area (Å²) in [5.41, 5.74) is 1.91. The molecular formula is C13H9Cl2N. The molecule has 0 atom stereocenters. The molecule has 2 aromatic rings. The van der Waals surface area contributed by atoms with Gasteiger partial charge < -0.3 is 0 Å². The van der Waals surface area contributed by atoms with Crippen molar-refractivity contribution in [2.75, 3.05) is 0 Å². The minimum Gasteiger partial charge on any atom is -0.257 e. The summed E-state index contributed by atoms with van der Waals surface area (Å²) in [6, 6.07) is 11.3. The molecule has 0 saturated heterocycles. The van der Waals surface area contributed by atoms with Crippen LogP contribution in [0.4, 0.5) is 0 Å². The lowest BCUT2D eigenvalue weighted by atomic mass is 10.2. The SMILES string of the molecule is Clc1ccc(C=Cc2ccccn2)cc1Cl. The van der Waals surface area contributed by atoms with E-state index in [0.717, 1.165) is 11.3 Å². The van der Waals surface area contributed by atoms with Crippen LogP contribution in [0.15, 0.2) is 42.6 Å². The van der Waals surface area contributed by atoms with Gasteiger partial charge in [-0.3, -0.25) is 4.98 Å². The van der Waals surface area contributed by atoms with Crippen LogP contribution in [0.1, 0.15) is 11.3 Å². The molecule has 0 radical (unpaired) electrons. The van der Waals surface area contributed by atoms with E-state index < -0.39 is 0 Å². The molecule has 0 amide bonds. The second kappa shape index (κ2) is 5.15. The van der Waals surface area contributed by atoms with E-state index in [4.69, 9.17) is 23.2 Å². The largest absolute Gasteiger partial charge is 0.257 e. The van der Waals surface area contributed by atoms with E-state index in [1.54, 1.807) is 12.3 Å². The smallest absolute Gasteiger partial charge is 0.0629 e. The summed E-state index contributed by atoms with van der Waals surface area (Å²) < 4.78 is 0. The molecule has 0 N–H and O–H groups in total. The lowest BCUT2D eigenvalue weighted by molar-refractivity contribution is 1.30. The average Bonchev–Trinajstić information content (AvgIpc) is 2.32.